The van der Waals surface area contributed by atoms with Crippen molar-refractivity contribution in [3.63, 3.8) is 0 Å². The summed E-state index contributed by atoms with van der Waals surface area (Å²) < 4.78 is 13.4. The minimum Gasteiger partial charge on any atom is -0.492 e. The Morgan fingerprint density at radius 1 is 1.21 bits per heavy atom. The fraction of sp³-hybridized carbons (Fsp3) is 0.306. The molecule has 0 saturated carbocycles. The van der Waals surface area contributed by atoms with Crippen LogP contribution in [-0.2, 0) is 22.5 Å². The Labute approximate surface area is 273 Å². The molecule has 47 heavy (non-hydrogen) atoms. The summed E-state index contributed by atoms with van der Waals surface area (Å²) >= 11 is 0. The number of carbonyl (C=O) groups excluding carboxylic acids is 1. The molecule has 0 spiro atoms. The maximum Gasteiger partial charge on any atom is 0.248 e. The zero-order valence-electron chi connectivity index (χ0n) is 26.9. The van der Waals surface area contributed by atoms with Crippen LogP contribution in [0.4, 0.5) is 17.1 Å². The fourth-order valence-electron chi connectivity index (χ4n) is 5.80. The van der Waals surface area contributed by atoms with Crippen LogP contribution in [0.1, 0.15) is 37.7 Å². The van der Waals surface area contributed by atoms with Crippen LogP contribution < -0.4 is 15.4 Å². The molecule has 1 amide bonds. The summed E-state index contributed by atoms with van der Waals surface area (Å²) in [6, 6.07) is 18.1. The molecule has 1 aliphatic heterocycles. The van der Waals surface area contributed by atoms with Gasteiger partial charge in [-0.1, -0.05) is 19.1 Å². The van der Waals surface area contributed by atoms with Crippen LogP contribution in [0.2, 0.25) is 0 Å². The van der Waals surface area contributed by atoms with E-state index in [0.717, 1.165) is 28.8 Å². The quantitative estimate of drug-likeness (QED) is 0.173. The van der Waals surface area contributed by atoms with Crippen molar-refractivity contribution < 1.29 is 14.3 Å². The Hall–Kier alpha value is -5.31. The summed E-state index contributed by atoms with van der Waals surface area (Å²) in [5.41, 5.74) is 5.58. The summed E-state index contributed by atoms with van der Waals surface area (Å²) in [5, 5.41) is 23.0. The topological polar surface area (TPSA) is 130 Å². The third kappa shape index (κ3) is 7.09. The van der Waals surface area contributed by atoms with E-state index >= 15 is 0 Å². The van der Waals surface area contributed by atoms with E-state index in [9.17, 15) is 10.1 Å². The van der Waals surface area contributed by atoms with Gasteiger partial charge in [0.2, 0.25) is 5.91 Å². The lowest BCUT2D eigenvalue weighted by atomic mass is 10.0. The van der Waals surface area contributed by atoms with Gasteiger partial charge < -0.3 is 20.1 Å². The normalized spacial score (nSPS) is 15.2. The number of morpholine rings is 1. The van der Waals surface area contributed by atoms with E-state index < -0.39 is 0 Å². The first-order valence-electron chi connectivity index (χ1n) is 15.9. The lowest BCUT2D eigenvalue weighted by molar-refractivity contribution is -0.111. The second-order valence-corrected chi connectivity index (χ2v) is 11.4. The summed E-state index contributed by atoms with van der Waals surface area (Å²) in [6.07, 6.45) is 7.58. The van der Waals surface area contributed by atoms with E-state index in [1.165, 1.54) is 0 Å². The predicted molar refractivity (Wildman–Crippen MR) is 183 cm³/mol. The second kappa shape index (κ2) is 14.4. The molecule has 2 N–H and O–H groups in total. The van der Waals surface area contributed by atoms with Crippen LogP contribution in [0.25, 0.3) is 21.8 Å². The standard InChI is InChI=1S/C36H38N8O3/c1-4-30-29(20-37)36(40-26-11-12-33-25(17-26)21-39-44(33)22-27-9-6-7-13-38-27)28-18-32(34(47-5-2)19-31(28)41-30)42-35(45)10-8-14-43-15-16-46-23-24(43)3/h6-13,17-19,21,24H,4-5,14-16,22-23H2,1-3H3,(H,40,41)(H,42,45)/b10-8+/t24-/m0/s1. The molecule has 1 aliphatic rings. The number of benzene rings is 2. The van der Waals surface area contributed by atoms with E-state index in [4.69, 9.17) is 14.5 Å². The van der Waals surface area contributed by atoms with Gasteiger partial charge in [0.25, 0.3) is 0 Å². The molecule has 0 aliphatic carbocycles. The van der Waals surface area contributed by atoms with Crippen LogP contribution in [0.15, 0.2) is 73.1 Å². The molecule has 0 radical (unpaired) electrons. The number of hydrogen-bond donors (Lipinski definition) is 2. The lowest BCUT2D eigenvalue weighted by Gasteiger charge is -2.32. The number of fused-ring (bicyclic) bond motifs is 2. The summed E-state index contributed by atoms with van der Waals surface area (Å²) in [4.78, 5) is 24.6. The Bertz CT molecular complexity index is 1960. The molecule has 11 heteroatoms. The van der Waals surface area contributed by atoms with Gasteiger partial charge >= 0.3 is 0 Å². The average molecular weight is 631 g/mol. The van der Waals surface area contributed by atoms with Crippen molar-refractivity contribution in [3.05, 3.63) is 90.0 Å². The fourth-order valence-corrected chi connectivity index (χ4v) is 5.80. The van der Waals surface area contributed by atoms with Gasteiger partial charge in [-0.3, -0.25) is 24.3 Å². The SMILES string of the molecule is CCOc1cc2nc(CC)c(C#N)c(Nc3ccc4c(cnn4Cc4ccccn4)c3)c2cc1NC(=O)/C=C/CN1CCOC[C@@H]1C. The molecule has 1 fully saturated rings. The molecular formula is C36H38N8O3. The maximum atomic E-state index is 13.1. The Morgan fingerprint density at radius 2 is 2.11 bits per heavy atom. The van der Waals surface area contributed by atoms with E-state index in [2.05, 4.69) is 38.6 Å². The van der Waals surface area contributed by atoms with E-state index in [1.807, 2.05) is 79.3 Å². The Balaban J connectivity index is 1.32. The third-order valence-corrected chi connectivity index (χ3v) is 8.23. The highest BCUT2D eigenvalue weighted by molar-refractivity contribution is 6.05. The van der Waals surface area contributed by atoms with Crippen LogP contribution in [0, 0.1) is 11.3 Å². The number of carbonyl (C=O) groups is 1. The number of nitriles is 1. The van der Waals surface area contributed by atoms with Crippen molar-refractivity contribution in [3.8, 4) is 11.8 Å². The monoisotopic (exact) mass is 630 g/mol. The average Bonchev–Trinajstić information content (AvgIpc) is 3.48. The predicted octanol–water partition coefficient (Wildman–Crippen LogP) is 5.82. The molecule has 1 saturated heterocycles. The van der Waals surface area contributed by atoms with Crippen molar-refractivity contribution in [2.75, 3.05) is 43.5 Å². The highest BCUT2D eigenvalue weighted by atomic mass is 16.5. The van der Waals surface area contributed by atoms with Gasteiger partial charge in [0.05, 0.1) is 71.9 Å². The molecular weight excluding hydrogens is 592 g/mol. The molecule has 0 bridgehead atoms. The number of hydrogen-bond acceptors (Lipinski definition) is 9. The molecule has 4 heterocycles. The number of rotatable bonds is 11. The van der Waals surface area contributed by atoms with E-state index in [1.54, 1.807) is 12.3 Å². The van der Waals surface area contributed by atoms with Crippen molar-refractivity contribution in [2.45, 2.75) is 39.8 Å². The summed E-state index contributed by atoms with van der Waals surface area (Å²) in [7, 11) is 0. The number of nitrogens with zero attached hydrogens (tertiary/aromatic N) is 6. The second-order valence-electron chi connectivity index (χ2n) is 11.4. The largest absolute Gasteiger partial charge is 0.492 e. The molecule has 11 nitrogen and oxygen atoms in total. The Morgan fingerprint density at radius 3 is 2.87 bits per heavy atom. The number of aromatic nitrogens is 4. The van der Waals surface area contributed by atoms with Gasteiger partial charge in [-0.05, 0) is 56.7 Å². The van der Waals surface area contributed by atoms with Crippen molar-refractivity contribution >= 4 is 44.8 Å². The molecule has 240 valence electrons. The third-order valence-electron chi connectivity index (χ3n) is 8.23. The van der Waals surface area contributed by atoms with E-state index in [-0.39, 0.29) is 5.91 Å². The van der Waals surface area contributed by atoms with Crippen LogP contribution in [0.5, 0.6) is 5.75 Å². The minimum absolute atomic E-state index is 0.271. The lowest BCUT2D eigenvalue weighted by Crippen LogP contribution is -2.43. The first-order chi connectivity index (χ1) is 23.0. The number of aryl methyl sites for hydroxylation is 1. The number of ether oxygens (including phenoxy) is 2. The van der Waals surface area contributed by atoms with Crippen LogP contribution in [0.3, 0.4) is 0 Å². The first kappa shape index (κ1) is 31.7. The molecule has 3 aromatic heterocycles. The van der Waals surface area contributed by atoms with Crippen molar-refractivity contribution in [2.24, 2.45) is 0 Å². The first-order valence-corrected chi connectivity index (χ1v) is 15.9. The van der Waals surface area contributed by atoms with Gasteiger partial charge in [-0.15, -0.1) is 0 Å². The number of anilines is 3. The molecule has 2 aromatic carbocycles. The van der Waals surface area contributed by atoms with Crippen molar-refractivity contribution in [1.82, 2.24) is 24.6 Å². The highest BCUT2D eigenvalue weighted by Gasteiger charge is 2.20. The van der Waals surface area contributed by atoms with Crippen molar-refractivity contribution in [1.29, 1.82) is 5.26 Å². The van der Waals surface area contributed by atoms with Gasteiger partial charge in [-0.25, -0.2) is 0 Å². The molecule has 6 rings (SSSR count). The maximum absolute atomic E-state index is 13.1. The smallest absolute Gasteiger partial charge is 0.248 e. The minimum atomic E-state index is -0.271. The highest BCUT2D eigenvalue weighted by Crippen LogP contribution is 2.38. The number of pyridine rings is 2. The van der Waals surface area contributed by atoms with Gasteiger partial charge in [0.15, 0.2) is 0 Å². The summed E-state index contributed by atoms with van der Waals surface area (Å²) in [5.74, 6) is 0.239. The van der Waals surface area contributed by atoms with Gasteiger partial charge in [0, 0.05) is 53.9 Å². The van der Waals surface area contributed by atoms with Gasteiger partial charge in [0.1, 0.15) is 11.8 Å². The van der Waals surface area contributed by atoms with E-state index in [0.29, 0.717) is 84.7 Å². The Kier molecular flexibility index (Phi) is 9.71. The van der Waals surface area contributed by atoms with Crippen LogP contribution >= 0.6 is 0 Å². The van der Waals surface area contributed by atoms with Gasteiger partial charge in [-0.2, -0.15) is 10.4 Å². The zero-order chi connectivity index (χ0) is 32.8. The summed E-state index contributed by atoms with van der Waals surface area (Å²) in [6.45, 7) is 9.82. The zero-order valence-corrected chi connectivity index (χ0v) is 26.9. The molecule has 1 atom stereocenters. The molecule has 0 unspecified atom stereocenters. The number of amides is 1. The molecule has 5 aromatic rings. The number of nitrogens with one attached hydrogen (secondary N) is 2. The van der Waals surface area contributed by atoms with Crippen LogP contribution in [-0.4, -0.2) is 69.5 Å².